The van der Waals surface area contributed by atoms with Crippen LogP contribution in [0.2, 0.25) is 0 Å². The molecule has 0 unspecified atom stereocenters. The Morgan fingerprint density at radius 2 is 1.73 bits per heavy atom. The summed E-state index contributed by atoms with van der Waals surface area (Å²) < 4.78 is 11.6. The van der Waals surface area contributed by atoms with Gasteiger partial charge in [0, 0.05) is 16.8 Å². The van der Waals surface area contributed by atoms with E-state index in [9.17, 15) is 9.59 Å². The first-order valence-electron chi connectivity index (χ1n) is 10.8. The van der Waals surface area contributed by atoms with Crippen LogP contribution in [0.25, 0.3) is 16.8 Å². The Labute approximate surface area is 176 Å². The van der Waals surface area contributed by atoms with Gasteiger partial charge < -0.3 is 14.8 Å². The second-order valence-corrected chi connectivity index (χ2v) is 7.65. The van der Waals surface area contributed by atoms with Crippen LogP contribution in [-0.2, 0) is 4.79 Å². The molecule has 1 aliphatic carbocycles. The highest BCUT2D eigenvalue weighted by atomic mass is 16.5. The lowest BCUT2D eigenvalue weighted by Gasteiger charge is -2.28. The minimum absolute atomic E-state index is 0.00629. The van der Waals surface area contributed by atoms with Crippen LogP contribution in [0.4, 0.5) is 4.79 Å². The van der Waals surface area contributed by atoms with Crippen LogP contribution in [-0.4, -0.2) is 36.1 Å². The van der Waals surface area contributed by atoms with Gasteiger partial charge in [0.1, 0.15) is 17.2 Å². The predicted molar refractivity (Wildman–Crippen MR) is 117 cm³/mol. The maximum Gasteiger partial charge on any atom is 0.329 e. The number of urea groups is 1. The molecule has 0 spiro atoms. The van der Waals surface area contributed by atoms with Gasteiger partial charge in [0.25, 0.3) is 5.91 Å². The molecule has 2 aliphatic rings. The third-order valence-electron chi connectivity index (χ3n) is 5.74. The number of fused-ring (bicyclic) bond motifs is 1. The van der Waals surface area contributed by atoms with Gasteiger partial charge in [-0.25, -0.2) is 4.79 Å². The van der Waals surface area contributed by atoms with Crippen LogP contribution in [0.15, 0.2) is 36.0 Å². The van der Waals surface area contributed by atoms with Gasteiger partial charge in [-0.15, -0.1) is 0 Å². The summed E-state index contributed by atoms with van der Waals surface area (Å²) in [6.45, 7) is 4.96. The maximum atomic E-state index is 13.1. The Hall–Kier alpha value is -3.02. The monoisotopic (exact) mass is 408 g/mol. The molecule has 1 aliphatic heterocycles. The molecular formula is C24H28N2O4. The van der Waals surface area contributed by atoms with Gasteiger partial charge in [0.15, 0.2) is 0 Å². The molecule has 4 rings (SSSR count). The van der Waals surface area contributed by atoms with E-state index < -0.39 is 0 Å². The number of carbonyl (C=O) groups excluding carboxylic acids is 2. The predicted octanol–water partition coefficient (Wildman–Crippen LogP) is 4.86. The zero-order valence-corrected chi connectivity index (χ0v) is 17.6. The topological polar surface area (TPSA) is 67.9 Å². The Morgan fingerprint density at radius 1 is 1.00 bits per heavy atom. The molecule has 0 bridgehead atoms. The van der Waals surface area contributed by atoms with E-state index in [0.717, 1.165) is 53.5 Å². The van der Waals surface area contributed by atoms with Crippen molar-refractivity contribution in [2.24, 2.45) is 0 Å². The van der Waals surface area contributed by atoms with Crippen LogP contribution in [0.1, 0.15) is 51.5 Å². The van der Waals surface area contributed by atoms with Crippen molar-refractivity contribution in [3.8, 4) is 11.5 Å². The van der Waals surface area contributed by atoms with Gasteiger partial charge in [0.05, 0.1) is 13.2 Å². The second kappa shape index (κ2) is 8.78. The van der Waals surface area contributed by atoms with E-state index in [0.29, 0.717) is 18.9 Å². The average molecular weight is 408 g/mol. The van der Waals surface area contributed by atoms with Gasteiger partial charge in [-0.3, -0.25) is 9.69 Å². The number of hydrogen-bond acceptors (Lipinski definition) is 4. The third-order valence-corrected chi connectivity index (χ3v) is 5.74. The summed E-state index contributed by atoms with van der Waals surface area (Å²) in [6, 6.07) is 9.30. The van der Waals surface area contributed by atoms with Crippen LogP contribution < -0.4 is 14.8 Å². The van der Waals surface area contributed by atoms with Gasteiger partial charge in [-0.1, -0.05) is 37.5 Å². The Balaban J connectivity index is 1.76. The molecule has 0 atom stereocenters. The molecule has 2 aromatic rings. The van der Waals surface area contributed by atoms with Crippen molar-refractivity contribution < 1.29 is 19.1 Å². The number of rotatable bonds is 6. The van der Waals surface area contributed by atoms with Crippen molar-refractivity contribution in [2.75, 3.05) is 13.2 Å². The van der Waals surface area contributed by atoms with Crippen molar-refractivity contribution in [1.82, 2.24) is 10.2 Å². The van der Waals surface area contributed by atoms with Crippen LogP contribution in [0.3, 0.4) is 0 Å². The summed E-state index contributed by atoms with van der Waals surface area (Å²) in [5, 5.41) is 4.57. The van der Waals surface area contributed by atoms with Crippen molar-refractivity contribution in [3.05, 3.63) is 41.6 Å². The van der Waals surface area contributed by atoms with Crippen LogP contribution >= 0.6 is 0 Å². The fourth-order valence-electron chi connectivity index (χ4n) is 4.43. The first-order chi connectivity index (χ1) is 14.6. The molecule has 3 amide bonds. The normalized spacial score (nSPS) is 18.9. The number of amides is 3. The highest BCUT2D eigenvalue weighted by Gasteiger charge is 2.39. The minimum Gasteiger partial charge on any atom is -0.493 e. The summed E-state index contributed by atoms with van der Waals surface area (Å²) >= 11 is 0. The number of nitrogens with zero attached hydrogens (tertiary/aromatic N) is 1. The van der Waals surface area contributed by atoms with E-state index >= 15 is 0 Å². The number of benzene rings is 2. The maximum absolute atomic E-state index is 13.1. The van der Waals surface area contributed by atoms with Crippen molar-refractivity contribution >= 4 is 28.8 Å². The molecule has 6 heteroatoms. The minimum atomic E-state index is -0.321. The molecule has 1 N–H and O–H groups in total. The van der Waals surface area contributed by atoms with Crippen molar-refractivity contribution in [1.29, 1.82) is 0 Å². The number of hydrogen-bond donors (Lipinski definition) is 1. The molecule has 30 heavy (non-hydrogen) atoms. The molecule has 2 fully saturated rings. The molecule has 1 saturated carbocycles. The molecule has 1 saturated heterocycles. The zero-order valence-electron chi connectivity index (χ0n) is 17.6. The Morgan fingerprint density at radius 3 is 2.47 bits per heavy atom. The first-order valence-corrected chi connectivity index (χ1v) is 10.8. The summed E-state index contributed by atoms with van der Waals surface area (Å²) in [6.07, 6.45) is 6.80. The van der Waals surface area contributed by atoms with E-state index in [1.807, 2.05) is 44.2 Å². The number of imide groups is 1. The smallest absolute Gasteiger partial charge is 0.329 e. The number of ether oxygens (including phenoxy) is 2. The van der Waals surface area contributed by atoms with E-state index in [1.54, 1.807) is 6.08 Å². The van der Waals surface area contributed by atoms with E-state index in [-0.39, 0.29) is 18.0 Å². The zero-order chi connectivity index (χ0) is 21.1. The van der Waals surface area contributed by atoms with E-state index in [1.165, 1.54) is 11.3 Å². The number of carbonyl (C=O) groups is 2. The van der Waals surface area contributed by atoms with Crippen molar-refractivity contribution in [3.63, 3.8) is 0 Å². The molecule has 0 radical (unpaired) electrons. The largest absolute Gasteiger partial charge is 0.493 e. The molecular weight excluding hydrogens is 380 g/mol. The summed E-state index contributed by atoms with van der Waals surface area (Å²) in [4.78, 5) is 27.0. The number of nitrogens with one attached hydrogen (secondary N) is 1. The first kappa shape index (κ1) is 20.3. The lowest BCUT2D eigenvalue weighted by Crippen LogP contribution is -2.41. The highest BCUT2D eigenvalue weighted by Crippen LogP contribution is 2.37. The molecule has 2 aromatic carbocycles. The lowest BCUT2D eigenvalue weighted by atomic mass is 9.94. The Kier molecular flexibility index (Phi) is 5.93. The van der Waals surface area contributed by atoms with Crippen LogP contribution in [0.5, 0.6) is 11.5 Å². The van der Waals surface area contributed by atoms with E-state index in [2.05, 4.69) is 5.32 Å². The fourth-order valence-corrected chi connectivity index (χ4v) is 4.43. The molecule has 0 aromatic heterocycles. The quantitative estimate of drug-likeness (QED) is 0.547. The van der Waals surface area contributed by atoms with Crippen LogP contribution in [0, 0.1) is 0 Å². The third kappa shape index (κ3) is 3.74. The highest BCUT2D eigenvalue weighted by molar-refractivity contribution is 6.15. The molecule has 1 heterocycles. The van der Waals surface area contributed by atoms with Crippen molar-refractivity contribution in [2.45, 2.75) is 52.0 Å². The lowest BCUT2D eigenvalue weighted by molar-refractivity contribution is -0.124. The van der Waals surface area contributed by atoms with Gasteiger partial charge in [0.2, 0.25) is 0 Å². The molecule has 158 valence electrons. The summed E-state index contributed by atoms with van der Waals surface area (Å²) in [5.41, 5.74) is 1.12. The van der Waals surface area contributed by atoms with Gasteiger partial charge >= 0.3 is 6.03 Å². The molecule has 6 nitrogen and oxygen atoms in total. The summed E-state index contributed by atoms with van der Waals surface area (Å²) in [5.74, 6) is 1.24. The Bertz CT molecular complexity index is 992. The summed E-state index contributed by atoms with van der Waals surface area (Å²) in [7, 11) is 0. The average Bonchev–Trinajstić information content (AvgIpc) is 3.03. The van der Waals surface area contributed by atoms with Gasteiger partial charge in [-0.05, 0) is 50.5 Å². The van der Waals surface area contributed by atoms with Gasteiger partial charge in [-0.2, -0.15) is 0 Å². The SMILES string of the molecule is CCOc1ccc(/C=C2\NC(=O)N(C3CCCCC3)C2=O)c2c(OCC)cccc12. The van der Waals surface area contributed by atoms with E-state index in [4.69, 9.17) is 9.47 Å². The second-order valence-electron chi connectivity index (χ2n) is 7.65. The standard InChI is InChI=1S/C24H28N2O4/c1-3-29-20-14-13-16(22-18(20)11-8-12-21(22)30-4-2)15-19-23(27)26(24(28)25-19)17-9-6-5-7-10-17/h8,11-15,17H,3-7,9-10H2,1-2H3,(H,25,28)/b19-15-. The fraction of sp³-hybridized carbons (Fsp3) is 0.417.